The van der Waals surface area contributed by atoms with Crippen LogP contribution >= 0.6 is 0 Å². The van der Waals surface area contributed by atoms with Crippen molar-refractivity contribution in [2.45, 2.75) is 89.7 Å². The molecule has 7 rings (SSSR count). The molecule has 1 aliphatic carbocycles. The van der Waals surface area contributed by atoms with Crippen molar-refractivity contribution in [2.75, 3.05) is 71.0 Å². The second-order valence-electron chi connectivity index (χ2n) is 13.8. The van der Waals surface area contributed by atoms with E-state index < -0.39 is 0 Å². The zero-order valence-corrected chi connectivity index (χ0v) is 27.6. The van der Waals surface area contributed by atoms with Crippen LogP contribution in [0.4, 0.5) is 5.69 Å². The molecule has 0 N–H and O–H groups in total. The quantitative estimate of drug-likeness (QED) is 0.164. The van der Waals surface area contributed by atoms with Crippen molar-refractivity contribution >= 4 is 16.6 Å². The number of aromatic nitrogens is 1. The van der Waals surface area contributed by atoms with Crippen molar-refractivity contribution in [3.8, 4) is 17.0 Å². The number of para-hydroxylation sites is 1. The van der Waals surface area contributed by atoms with E-state index in [0.717, 1.165) is 44.0 Å². The van der Waals surface area contributed by atoms with E-state index in [1.807, 2.05) is 0 Å². The first-order valence-electron chi connectivity index (χ1n) is 18.1. The number of anilines is 1. The zero-order valence-electron chi connectivity index (χ0n) is 27.6. The Balaban J connectivity index is 1.28. The summed E-state index contributed by atoms with van der Waals surface area (Å²) in [7, 11) is 1.58. The van der Waals surface area contributed by atoms with Crippen LogP contribution in [-0.2, 0) is 22.9 Å². The van der Waals surface area contributed by atoms with Crippen LogP contribution in [0, 0.1) is 0 Å². The molecule has 0 bridgehead atoms. The van der Waals surface area contributed by atoms with Gasteiger partial charge in [0.05, 0.1) is 25.0 Å². The van der Waals surface area contributed by atoms with E-state index in [9.17, 15) is 0 Å². The molecule has 0 unspecified atom stereocenters. The van der Waals surface area contributed by atoms with Gasteiger partial charge in [-0.25, -0.2) is 9.78 Å². The average molecular weight is 615 g/mol. The highest BCUT2D eigenvalue weighted by molar-refractivity contribution is 5.95. The lowest BCUT2D eigenvalue weighted by atomic mass is 9.81. The highest BCUT2D eigenvalue weighted by Gasteiger charge is 2.31. The maximum atomic E-state index is 6.84. The average Bonchev–Trinajstić information content (AvgIpc) is 3.29. The Morgan fingerprint density at radius 2 is 1.49 bits per heavy atom. The summed E-state index contributed by atoms with van der Waals surface area (Å²) >= 11 is 0. The number of fused-ring (bicyclic) bond motifs is 5. The first kappa shape index (κ1) is 31.0. The van der Waals surface area contributed by atoms with Gasteiger partial charge in [0.25, 0.3) is 0 Å². The van der Waals surface area contributed by atoms with Crippen LogP contribution < -0.4 is 9.64 Å². The van der Waals surface area contributed by atoms with E-state index in [4.69, 9.17) is 14.5 Å². The van der Waals surface area contributed by atoms with Crippen molar-refractivity contribution in [3.05, 3.63) is 47.5 Å². The van der Waals surface area contributed by atoms with Crippen molar-refractivity contribution in [2.24, 2.45) is 0 Å². The fourth-order valence-electron chi connectivity index (χ4n) is 8.56. The van der Waals surface area contributed by atoms with Crippen molar-refractivity contribution in [1.29, 1.82) is 0 Å². The van der Waals surface area contributed by atoms with Crippen LogP contribution in [0.3, 0.4) is 0 Å². The predicted molar refractivity (Wildman–Crippen MR) is 183 cm³/mol. The van der Waals surface area contributed by atoms with Crippen LogP contribution in [-0.4, -0.2) is 80.4 Å². The minimum atomic E-state index is 0.450. The zero-order chi connectivity index (χ0) is 30.4. The maximum absolute atomic E-state index is 6.84. The smallest absolute Gasteiger partial charge is 0.152 e. The summed E-state index contributed by atoms with van der Waals surface area (Å²) in [6, 6.07) is 13.9. The Morgan fingerprint density at radius 3 is 2.18 bits per heavy atom. The number of ether oxygens (including phenoxy) is 1. The monoisotopic (exact) mass is 614 g/mol. The Labute approximate surface area is 270 Å². The summed E-state index contributed by atoms with van der Waals surface area (Å²) in [5.41, 5.74) is 7.93. The third-order valence-electron chi connectivity index (χ3n) is 10.9. The van der Waals surface area contributed by atoms with Crippen LogP contribution in [0.15, 0.2) is 36.4 Å². The molecule has 3 aromatic rings. The van der Waals surface area contributed by atoms with Gasteiger partial charge in [0.1, 0.15) is 13.2 Å². The first-order valence-corrected chi connectivity index (χ1v) is 18.1. The van der Waals surface area contributed by atoms with Crippen molar-refractivity contribution in [3.63, 3.8) is 0 Å². The fraction of sp³-hybridized carbons (Fsp3) is 0.632. The summed E-state index contributed by atoms with van der Waals surface area (Å²) in [6.07, 6.45) is 14.7. The Kier molecular flexibility index (Phi) is 10.3. The lowest BCUT2D eigenvalue weighted by Gasteiger charge is -2.34. The van der Waals surface area contributed by atoms with Crippen molar-refractivity contribution < 1.29 is 14.5 Å². The minimum Gasteiger partial charge on any atom is -0.489 e. The second-order valence-corrected chi connectivity index (χ2v) is 13.8. The number of hydrogen-bond acceptors (Lipinski definition) is 6. The van der Waals surface area contributed by atoms with Gasteiger partial charge in [-0.2, -0.15) is 0 Å². The molecule has 4 heterocycles. The summed E-state index contributed by atoms with van der Waals surface area (Å²) in [6.45, 7) is 11.3. The molecule has 7 heteroatoms. The molecule has 0 amide bonds. The van der Waals surface area contributed by atoms with Crippen LogP contribution in [0.5, 0.6) is 5.75 Å². The number of nitrogens with zero attached hydrogens (tertiary/aromatic N) is 4. The molecule has 0 spiro atoms. The molecule has 3 aliphatic heterocycles. The van der Waals surface area contributed by atoms with Gasteiger partial charge < -0.3 is 24.0 Å². The SMILES string of the molecule is COOCc1ccc2c(C3CCCCC3)c3n(c2c1)CCOc1c-3cccc1N(CCN1CCCCC1)CCN1CCCCC1. The Bertz CT molecular complexity index is 1380. The molecule has 4 aliphatic rings. The van der Waals surface area contributed by atoms with E-state index in [1.165, 1.54) is 125 Å². The van der Waals surface area contributed by atoms with Gasteiger partial charge in [0.15, 0.2) is 5.75 Å². The minimum absolute atomic E-state index is 0.450. The molecule has 244 valence electrons. The van der Waals surface area contributed by atoms with Crippen LogP contribution in [0.1, 0.15) is 87.7 Å². The summed E-state index contributed by atoms with van der Waals surface area (Å²) in [5.74, 6) is 1.68. The molecular formula is C38H54N4O3. The van der Waals surface area contributed by atoms with Gasteiger partial charge in [0.2, 0.25) is 0 Å². The number of likely N-dealkylation sites (tertiary alicyclic amines) is 2. The summed E-state index contributed by atoms with van der Waals surface area (Å²) < 4.78 is 9.40. The Hall–Kier alpha value is -2.58. The molecule has 3 fully saturated rings. The molecule has 2 saturated heterocycles. The normalized spacial score (nSPS) is 20.0. The van der Waals surface area contributed by atoms with E-state index in [1.54, 1.807) is 12.7 Å². The number of hydrogen-bond donors (Lipinski definition) is 0. The molecule has 45 heavy (non-hydrogen) atoms. The lowest BCUT2D eigenvalue weighted by molar-refractivity contribution is -0.282. The van der Waals surface area contributed by atoms with Crippen LogP contribution in [0.25, 0.3) is 22.2 Å². The molecule has 2 aromatic carbocycles. The van der Waals surface area contributed by atoms with Gasteiger partial charge in [-0.05, 0) is 99.9 Å². The van der Waals surface area contributed by atoms with E-state index in [0.29, 0.717) is 19.1 Å². The molecule has 0 radical (unpaired) electrons. The van der Waals surface area contributed by atoms with Gasteiger partial charge >= 0.3 is 0 Å². The van der Waals surface area contributed by atoms with Crippen molar-refractivity contribution in [1.82, 2.24) is 14.4 Å². The van der Waals surface area contributed by atoms with E-state index in [-0.39, 0.29) is 0 Å². The van der Waals surface area contributed by atoms with E-state index >= 15 is 0 Å². The first-order chi connectivity index (χ1) is 22.3. The topological polar surface area (TPSA) is 42.3 Å². The fourth-order valence-corrected chi connectivity index (χ4v) is 8.56. The Morgan fingerprint density at radius 1 is 0.800 bits per heavy atom. The summed E-state index contributed by atoms with van der Waals surface area (Å²) in [4.78, 5) is 18.3. The number of rotatable bonds is 11. The molecular weight excluding hydrogens is 560 g/mol. The third-order valence-corrected chi connectivity index (χ3v) is 10.9. The van der Waals surface area contributed by atoms with Gasteiger partial charge in [0, 0.05) is 42.6 Å². The van der Waals surface area contributed by atoms with Gasteiger partial charge in [-0.3, -0.25) is 0 Å². The summed E-state index contributed by atoms with van der Waals surface area (Å²) in [5, 5.41) is 1.41. The predicted octanol–water partition coefficient (Wildman–Crippen LogP) is 7.60. The maximum Gasteiger partial charge on any atom is 0.152 e. The number of benzene rings is 2. The van der Waals surface area contributed by atoms with E-state index in [2.05, 4.69) is 55.7 Å². The lowest BCUT2D eigenvalue weighted by Crippen LogP contribution is -2.42. The van der Waals surface area contributed by atoms with Gasteiger partial charge in [-0.1, -0.05) is 50.3 Å². The highest BCUT2D eigenvalue weighted by atomic mass is 17.2. The third kappa shape index (κ3) is 6.92. The molecule has 1 saturated carbocycles. The molecule has 0 atom stereocenters. The largest absolute Gasteiger partial charge is 0.489 e. The second kappa shape index (κ2) is 14.9. The van der Waals surface area contributed by atoms with Crippen LogP contribution in [0.2, 0.25) is 0 Å². The van der Waals surface area contributed by atoms with Gasteiger partial charge in [-0.15, -0.1) is 0 Å². The molecule has 1 aromatic heterocycles. The highest BCUT2D eigenvalue weighted by Crippen LogP contribution is 2.49. The standard InChI is InChI=1S/C38H54N4O3/c1-43-45-29-30-16-17-32-35(28-30)42-26-27-44-38-33(37(42)36(32)31-12-5-2-6-13-31)14-11-15-34(38)41(24-22-39-18-7-3-8-19-39)25-23-40-20-9-4-10-21-40/h11,14-17,28,31H,2-10,12-13,18-27,29H2,1H3. The molecule has 7 nitrogen and oxygen atoms in total. The number of piperidine rings is 2.